The van der Waals surface area contributed by atoms with Crippen LogP contribution < -0.4 is 10.1 Å². The summed E-state index contributed by atoms with van der Waals surface area (Å²) < 4.78 is 5.60. The second-order valence-electron chi connectivity index (χ2n) is 5.82. The molecule has 1 N–H and O–H groups in total. The van der Waals surface area contributed by atoms with Crippen LogP contribution in [0.1, 0.15) is 26.2 Å². The fourth-order valence-electron chi connectivity index (χ4n) is 2.74. The first-order valence-electron chi connectivity index (χ1n) is 7.55. The summed E-state index contributed by atoms with van der Waals surface area (Å²) in [5.74, 6) is 2.41. The molecule has 2 aliphatic rings. The third-order valence-electron chi connectivity index (χ3n) is 4.14. The minimum absolute atomic E-state index is 0.0249. The van der Waals surface area contributed by atoms with Crippen LogP contribution in [0.15, 0.2) is 24.3 Å². The molecule has 1 saturated carbocycles. The Kier molecular flexibility index (Phi) is 3.81. The van der Waals surface area contributed by atoms with Gasteiger partial charge in [0.1, 0.15) is 5.75 Å². The summed E-state index contributed by atoms with van der Waals surface area (Å²) in [7, 11) is 0. The quantitative estimate of drug-likeness (QED) is 0.837. The lowest BCUT2D eigenvalue weighted by Gasteiger charge is -2.18. The monoisotopic (exact) mass is 274 g/mol. The van der Waals surface area contributed by atoms with Crippen LogP contribution in [0, 0.1) is 11.8 Å². The Balaban J connectivity index is 1.48. The number of rotatable bonds is 5. The summed E-state index contributed by atoms with van der Waals surface area (Å²) in [4.78, 5) is 14.0. The molecule has 2 amide bonds. The average Bonchev–Trinajstić information content (AvgIpc) is 3.07. The number of urea groups is 1. The Bertz CT molecular complexity index is 462. The molecule has 0 radical (unpaired) electrons. The molecule has 1 saturated heterocycles. The van der Waals surface area contributed by atoms with E-state index < -0.39 is 0 Å². The summed E-state index contributed by atoms with van der Waals surface area (Å²) in [5, 5.41) is 2.95. The van der Waals surface area contributed by atoms with E-state index >= 15 is 0 Å². The van der Waals surface area contributed by atoms with E-state index in [0.717, 1.165) is 55.8 Å². The van der Waals surface area contributed by atoms with Crippen molar-refractivity contribution in [1.82, 2.24) is 4.90 Å². The van der Waals surface area contributed by atoms with Crippen LogP contribution in [0.3, 0.4) is 0 Å². The van der Waals surface area contributed by atoms with E-state index in [1.807, 2.05) is 29.2 Å². The van der Waals surface area contributed by atoms with Crippen molar-refractivity contribution < 1.29 is 9.53 Å². The van der Waals surface area contributed by atoms with Crippen LogP contribution in [-0.4, -0.2) is 30.6 Å². The van der Waals surface area contributed by atoms with Gasteiger partial charge in [0.05, 0.1) is 6.61 Å². The Morgan fingerprint density at radius 2 is 2.00 bits per heavy atom. The highest BCUT2D eigenvalue weighted by Gasteiger charge is 2.46. The van der Waals surface area contributed by atoms with Gasteiger partial charge in [-0.1, -0.05) is 13.3 Å². The molecule has 1 heterocycles. The molecule has 3 rings (SSSR count). The number of anilines is 1. The summed E-state index contributed by atoms with van der Waals surface area (Å²) in [6.45, 7) is 4.74. The van der Waals surface area contributed by atoms with Gasteiger partial charge in [0.2, 0.25) is 0 Å². The zero-order chi connectivity index (χ0) is 13.9. The van der Waals surface area contributed by atoms with Crippen LogP contribution in [0.2, 0.25) is 0 Å². The van der Waals surface area contributed by atoms with Crippen LogP contribution >= 0.6 is 0 Å². The number of hydrogen-bond acceptors (Lipinski definition) is 2. The van der Waals surface area contributed by atoms with Gasteiger partial charge in [-0.3, -0.25) is 0 Å². The molecule has 4 heteroatoms. The van der Waals surface area contributed by atoms with Gasteiger partial charge < -0.3 is 15.0 Å². The summed E-state index contributed by atoms with van der Waals surface area (Å²) in [6.07, 6.45) is 3.51. The minimum atomic E-state index is 0.0249. The molecule has 0 aromatic heterocycles. The maximum absolute atomic E-state index is 12.1. The highest BCUT2D eigenvalue weighted by molar-refractivity contribution is 5.89. The number of benzene rings is 1. The van der Waals surface area contributed by atoms with Crippen molar-refractivity contribution in [3.8, 4) is 5.75 Å². The van der Waals surface area contributed by atoms with Gasteiger partial charge in [-0.2, -0.15) is 0 Å². The van der Waals surface area contributed by atoms with Gasteiger partial charge in [0.15, 0.2) is 0 Å². The van der Waals surface area contributed by atoms with Crippen molar-refractivity contribution in [2.24, 2.45) is 11.8 Å². The molecule has 2 fully saturated rings. The van der Waals surface area contributed by atoms with Crippen molar-refractivity contribution in [3.05, 3.63) is 24.3 Å². The molecule has 0 spiro atoms. The number of likely N-dealkylation sites (tertiary alicyclic amines) is 1. The third kappa shape index (κ3) is 3.06. The lowest BCUT2D eigenvalue weighted by Crippen LogP contribution is -2.34. The van der Waals surface area contributed by atoms with E-state index in [0.29, 0.717) is 0 Å². The molecule has 0 bridgehead atoms. The second kappa shape index (κ2) is 5.73. The number of amides is 2. The predicted octanol–water partition coefficient (Wildman–Crippen LogP) is 3.35. The Morgan fingerprint density at radius 3 is 2.65 bits per heavy atom. The Hall–Kier alpha value is -1.71. The fourth-order valence-corrected chi connectivity index (χ4v) is 2.74. The molecule has 1 aromatic rings. The lowest BCUT2D eigenvalue weighted by atomic mass is 10.3. The van der Waals surface area contributed by atoms with Crippen molar-refractivity contribution in [2.75, 3.05) is 25.0 Å². The maximum atomic E-state index is 12.1. The number of carbonyl (C=O) groups is 1. The SMILES string of the molecule is CCCCOc1ccc(NC(=O)N2CC3CC3C2)cc1. The van der Waals surface area contributed by atoms with Gasteiger partial charge in [0.25, 0.3) is 0 Å². The van der Waals surface area contributed by atoms with Crippen molar-refractivity contribution in [2.45, 2.75) is 26.2 Å². The number of nitrogens with one attached hydrogen (secondary N) is 1. The first kappa shape index (κ1) is 13.3. The normalized spacial score (nSPS) is 23.4. The number of fused-ring (bicyclic) bond motifs is 1. The molecule has 2 atom stereocenters. The summed E-state index contributed by atoms with van der Waals surface area (Å²) in [5.41, 5.74) is 0.832. The molecule has 20 heavy (non-hydrogen) atoms. The third-order valence-corrected chi connectivity index (χ3v) is 4.14. The highest BCUT2D eigenvalue weighted by atomic mass is 16.5. The first-order valence-corrected chi connectivity index (χ1v) is 7.55. The van der Waals surface area contributed by atoms with Gasteiger partial charge in [-0.05, 0) is 48.9 Å². The molecular formula is C16H22N2O2. The minimum Gasteiger partial charge on any atom is -0.494 e. The van der Waals surface area contributed by atoms with E-state index in [1.54, 1.807) is 0 Å². The fraction of sp³-hybridized carbons (Fsp3) is 0.562. The number of nitrogens with zero attached hydrogens (tertiary/aromatic N) is 1. The summed E-state index contributed by atoms with van der Waals surface area (Å²) in [6, 6.07) is 7.64. The zero-order valence-corrected chi connectivity index (χ0v) is 12.0. The topological polar surface area (TPSA) is 41.6 Å². The van der Waals surface area contributed by atoms with Gasteiger partial charge in [-0.15, -0.1) is 0 Å². The van der Waals surface area contributed by atoms with E-state index in [4.69, 9.17) is 4.74 Å². The highest BCUT2D eigenvalue weighted by Crippen LogP contribution is 2.44. The number of ether oxygens (including phenoxy) is 1. The summed E-state index contributed by atoms with van der Waals surface area (Å²) >= 11 is 0. The van der Waals surface area contributed by atoms with Crippen LogP contribution in [0.5, 0.6) is 5.75 Å². The molecular weight excluding hydrogens is 252 g/mol. The van der Waals surface area contributed by atoms with E-state index in [9.17, 15) is 4.79 Å². The number of unbranched alkanes of at least 4 members (excludes halogenated alkanes) is 1. The second-order valence-corrected chi connectivity index (χ2v) is 5.82. The van der Waals surface area contributed by atoms with E-state index in [-0.39, 0.29) is 6.03 Å². The van der Waals surface area contributed by atoms with Gasteiger partial charge in [-0.25, -0.2) is 4.79 Å². The number of carbonyl (C=O) groups excluding carboxylic acids is 1. The van der Waals surface area contributed by atoms with E-state index in [1.165, 1.54) is 6.42 Å². The van der Waals surface area contributed by atoms with Crippen molar-refractivity contribution in [1.29, 1.82) is 0 Å². The predicted molar refractivity (Wildman–Crippen MR) is 79.0 cm³/mol. The maximum Gasteiger partial charge on any atom is 0.321 e. The lowest BCUT2D eigenvalue weighted by molar-refractivity contribution is 0.217. The number of piperidine rings is 1. The smallest absolute Gasteiger partial charge is 0.321 e. The molecule has 4 nitrogen and oxygen atoms in total. The molecule has 1 aliphatic carbocycles. The van der Waals surface area contributed by atoms with Crippen LogP contribution in [0.25, 0.3) is 0 Å². The van der Waals surface area contributed by atoms with Gasteiger partial charge >= 0.3 is 6.03 Å². The Labute approximate surface area is 120 Å². The van der Waals surface area contributed by atoms with Gasteiger partial charge in [0, 0.05) is 18.8 Å². The average molecular weight is 274 g/mol. The van der Waals surface area contributed by atoms with Crippen LogP contribution in [-0.2, 0) is 0 Å². The van der Waals surface area contributed by atoms with Crippen molar-refractivity contribution >= 4 is 11.7 Å². The molecule has 2 unspecified atom stereocenters. The van der Waals surface area contributed by atoms with Crippen LogP contribution in [0.4, 0.5) is 10.5 Å². The zero-order valence-electron chi connectivity index (χ0n) is 12.0. The molecule has 108 valence electrons. The van der Waals surface area contributed by atoms with E-state index in [2.05, 4.69) is 12.2 Å². The van der Waals surface area contributed by atoms with Crippen molar-refractivity contribution in [3.63, 3.8) is 0 Å². The largest absolute Gasteiger partial charge is 0.494 e. The number of hydrogen-bond donors (Lipinski definition) is 1. The molecule has 1 aromatic carbocycles. The standard InChI is InChI=1S/C16H22N2O2/c1-2-3-8-20-15-6-4-14(5-7-15)17-16(19)18-10-12-9-13(12)11-18/h4-7,12-13H,2-3,8-11H2,1H3,(H,17,19). The Morgan fingerprint density at radius 1 is 1.30 bits per heavy atom. The first-order chi connectivity index (χ1) is 9.76. The molecule has 1 aliphatic heterocycles.